The Balaban J connectivity index is 1.27. The number of hydrogen-bond donors (Lipinski definition) is 0. The number of fused-ring (bicyclic) bond motifs is 5. The van der Waals surface area contributed by atoms with Crippen LogP contribution >= 0.6 is 0 Å². The fourth-order valence-corrected chi connectivity index (χ4v) is 9.26. The van der Waals surface area contributed by atoms with E-state index in [2.05, 4.69) is 25.0 Å². The summed E-state index contributed by atoms with van der Waals surface area (Å²) >= 11 is 0. The van der Waals surface area contributed by atoms with Crippen LogP contribution in [0.25, 0.3) is 0 Å². The van der Waals surface area contributed by atoms with Gasteiger partial charge < -0.3 is 4.74 Å². The van der Waals surface area contributed by atoms with Gasteiger partial charge in [-0.15, -0.1) is 0 Å². The van der Waals surface area contributed by atoms with Crippen LogP contribution in [-0.4, -0.2) is 23.5 Å². The van der Waals surface area contributed by atoms with Gasteiger partial charge in [0.25, 0.3) is 0 Å². The zero-order valence-corrected chi connectivity index (χ0v) is 19.8. The zero-order chi connectivity index (χ0) is 21.6. The summed E-state index contributed by atoms with van der Waals surface area (Å²) in [5, 5.41) is 13.5. The second-order valence-electron chi connectivity index (χ2n) is 11.8. The third-order valence-electron chi connectivity index (χ3n) is 10.5. The van der Waals surface area contributed by atoms with E-state index in [1.807, 2.05) is 24.1 Å². The van der Waals surface area contributed by atoms with Crippen molar-refractivity contribution in [1.82, 2.24) is 9.78 Å². The van der Waals surface area contributed by atoms with Crippen LogP contribution in [0, 0.1) is 64.1 Å². The van der Waals surface area contributed by atoms with Crippen molar-refractivity contribution in [1.29, 1.82) is 5.26 Å². The Hall–Kier alpha value is -1.34. The minimum absolute atomic E-state index is 0.506. The van der Waals surface area contributed by atoms with Gasteiger partial charge in [0.2, 0.25) is 0 Å². The normalized spacial score (nSPS) is 42.8. The molecule has 0 saturated heterocycles. The van der Waals surface area contributed by atoms with Crippen LogP contribution in [0.3, 0.4) is 0 Å². The van der Waals surface area contributed by atoms with Crippen LogP contribution in [-0.2, 0) is 11.3 Å². The lowest BCUT2D eigenvalue weighted by molar-refractivity contribution is -0.0777. The highest BCUT2D eigenvalue weighted by Crippen LogP contribution is 2.65. The Morgan fingerprint density at radius 2 is 2.00 bits per heavy atom. The molecule has 0 aromatic carbocycles. The van der Waals surface area contributed by atoms with Crippen molar-refractivity contribution in [2.24, 2.45) is 52.8 Å². The summed E-state index contributed by atoms with van der Waals surface area (Å²) in [4.78, 5) is 0. The average molecular weight is 424 g/mol. The molecule has 4 saturated carbocycles. The first-order chi connectivity index (χ1) is 15.0. The number of methoxy groups -OCH3 is 1. The number of hydrogen-bond acceptors (Lipinski definition) is 3. The molecule has 0 bridgehead atoms. The highest BCUT2D eigenvalue weighted by Gasteiger charge is 2.57. The molecule has 5 rings (SSSR count). The van der Waals surface area contributed by atoms with E-state index in [0.717, 1.165) is 54.6 Å². The molecule has 1 aromatic rings. The summed E-state index contributed by atoms with van der Waals surface area (Å²) in [6.45, 7) is 7.01. The molecule has 0 amide bonds. The molecule has 1 aromatic heterocycles. The van der Waals surface area contributed by atoms with Crippen LogP contribution in [0.4, 0.5) is 0 Å². The van der Waals surface area contributed by atoms with E-state index in [1.54, 1.807) is 0 Å². The molecular formula is C27H41N3O. The highest BCUT2D eigenvalue weighted by atomic mass is 16.5. The maximum absolute atomic E-state index is 9.09. The fraction of sp³-hybridized carbons (Fsp3) is 0.852. The van der Waals surface area contributed by atoms with Crippen molar-refractivity contribution in [3.05, 3.63) is 18.0 Å². The number of nitrogens with zero attached hydrogens (tertiary/aromatic N) is 3. The van der Waals surface area contributed by atoms with Gasteiger partial charge in [0, 0.05) is 26.5 Å². The summed E-state index contributed by atoms with van der Waals surface area (Å²) in [6.07, 6.45) is 15.0. The van der Waals surface area contributed by atoms with E-state index in [4.69, 9.17) is 10.00 Å². The predicted octanol–water partition coefficient (Wildman–Crippen LogP) is 5.92. The molecule has 0 aliphatic heterocycles. The molecule has 4 aliphatic rings. The lowest BCUT2D eigenvalue weighted by Gasteiger charge is -2.57. The van der Waals surface area contributed by atoms with E-state index >= 15 is 0 Å². The molecular weight excluding hydrogens is 382 g/mol. The first-order valence-corrected chi connectivity index (χ1v) is 13.0. The molecule has 4 aliphatic carbocycles. The molecule has 1 heterocycles. The fourth-order valence-electron chi connectivity index (χ4n) is 9.26. The van der Waals surface area contributed by atoms with Crippen molar-refractivity contribution in [3.8, 4) is 6.07 Å². The summed E-state index contributed by atoms with van der Waals surface area (Å²) in [6, 6.07) is 4.01. The predicted molar refractivity (Wildman–Crippen MR) is 122 cm³/mol. The minimum atomic E-state index is 0.506. The quantitative estimate of drug-likeness (QED) is 0.590. The van der Waals surface area contributed by atoms with Gasteiger partial charge in [0.05, 0.1) is 0 Å². The summed E-state index contributed by atoms with van der Waals surface area (Å²) < 4.78 is 7.51. The van der Waals surface area contributed by atoms with Crippen LogP contribution in [0.1, 0.15) is 77.3 Å². The second kappa shape index (κ2) is 8.54. The number of nitriles is 1. The smallest absolute Gasteiger partial charge is 0.162 e. The SMILES string of the molecule is COC[C@H]1CCC2C3CC[C@@]4(C)C(CC[C@@H]4[C@@H](C)Cn4ccc(C#N)n4)[C@@H]3CC[C@@H]2C1. The van der Waals surface area contributed by atoms with Crippen molar-refractivity contribution < 1.29 is 4.74 Å². The molecule has 0 N–H and O–H groups in total. The molecule has 4 fully saturated rings. The van der Waals surface area contributed by atoms with Crippen molar-refractivity contribution in [3.63, 3.8) is 0 Å². The van der Waals surface area contributed by atoms with E-state index in [9.17, 15) is 0 Å². The zero-order valence-electron chi connectivity index (χ0n) is 19.8. The molecule has 4 heteroatoms. The molecule has 31 heavy (non-hydrogen) atoms. The van der Waals surface area contributed by atoms with Gasteiger partial charge in [-0.25, -0.2) is 0 Å². The topological polar surface area (TPSA) is 50.8 Å². The summed E-state index contributed by atoms with van der Waals surface area (Å²) in [5.41, 5.74) is 1.05. The first-order valence-electron chi connectivity index (χ1n) is 13.0. The van der Waals surface area contributed by atoms with Gasteiger partial charge in [-0.2, -0.15) is 10.4 Å². The Morgan fingerprint density at radius 1 is 1.16 bits per heavy atom. The highest BCUT2D eigenvalue weighted by molar-refractivity contribution is 5.16. The van der Waals surface area contributed by atoms with Crippen molar-refractivity contribution >= 4 is 0 Å². The lowest BCUT2D eigenvalue weighted by Crippen LogP contribution is -2.49. The molecule has 3 unspecified atom stereocenters. The van der Waals surface area contributed by atoms with Gasteiger partial charge in [-0.3, -0.25) is 4.68 Å². The van der Waals surface area contributed by atoms with Crippen molar-refractivity contribution in [2.45, 2.75) is 78.2 Å². The molecule has 0 spiro atoms. The molecule has 170 valence electrons. The van der Waals surface area contributed by atoms with Gasteiger partial charge in [-0.1, -0.05) is 13.8 Å². The Labute approximate surface area is 188 Å². The van der Waals surface area contributed by atoms with Crippen LogP contribution in [0.5, 0.6) is 0 Å². The van der Waals surface area contributed by atoms with Gasteiger partial charge in [0.15, 0.2) is 5.69 Å². The van der Waals surface area contributed by atoms with E-state index in [0.29, 0.717) is 17.0 Å². The van der Waals surface area contributed by atoms with Gasteiger partial charge in [0.1, 0.15) is 6.07 Å². The maximum Gasteiger partial charge on any atom is 0.162 e. The number of ether oxygens (including phenoxy) is 1. The lowest BCUT2D eigenvalue weighted by atomic mass is 9.49. The Kier molecular flexibility index (Phi) is 5.93. The molecule has 9 atom stereocenters. The molecule has 0 radical (unpaired) electrons. The maximum atomic E-state index is 9.09. The third kappa shape index (κ3) is 3.75. The number of aromatic nitrogens is 2. The number of rotatable bonds is 5. The van der Waals surface area contributed by atoms with Gasteiger partial charge >= 0.3 is 0 Å². The van der Waals surface area contributed by atoms with Crippen molar-refractivity contribution in [2.75, 3.05) is 13.7 Å². The minimum Gasteiger partial charge on any atom is -0.384 e. The molecule has 4 nitrogen and oxygen atoms in total. The van der Waals surface area contributed by atoms with E-state index in [-0.39, 0.29) is 0 Å². The summed E-state index contributed by atoms with van der Waals surface area (Å²) in [7, 11) is 1.87. The van der Waals surface area contributed by atoms with Crippen LogP contribution in [0.2, 0.25) is 0 Å². The first kappa shape index (κ1) is 21.5. The van der Waals surface area contributed by atoms with Crippen LogP contribution in [0.15, 0.2) is 12.3 Å². The average Bonchev–Trinajstić information content (AvgIpc) is 3.37. The second-order valence-corrected chi connectivity index (χ2v) is 11.8. The van der Waals surface area contributed by atoms with E-state index in [1.165, 1.54) is 57.8 Å². The Bertz CT molecular complexity index is 812. The van der Waals surface area contributed by atoms with E-state index < -0.39 is 0 Å². The summed E-state index contributed by atoms with van der Waals surface area (Å²) in [5.74, 6) is 7.12. The van der Waals surface area contributed by atoms with Gasteiger partial charge in [-0.05, 0) is 117 Å². The monoisotopic (exact) mass is 423 g/mol. The van der Waals surface area contributed by atoms with Crippen LogP contribution < -0.4 is 0 Å². The standard InChI is InChI=1S/C27H41N3O/c1-18(16-30-13-11-21(15-28)29-30)25-8-9-26-24-7-5-20-14-19(17-31-3)4-6-22(20)23(24)10-12-27(25,26)2/h11,13,18-20,22-26H,4-10,12,14,16-17H2,1-3H3/t18-,19-,20+,22?,23?,24+,25+,26?,27+/m0/s1. The Morgan fingerprint density at radius 3 is 2.77 bits per heavy atom. The largest absolute Gasteiger partial charge is 0.384 e. The third-order valence-corrected chi connectivity index (χ3v) is 10.5.